The summed E-state index contributed by atoms with van der Waals surface area (Å²) in [5.41, 5.74) is 12.4. The van der Waals surface area contributed by atoms with Gasteiger partial charge in [-0.25, -0.2) is 0 Å². The van der Waals surface area contributed by atoms with Crippen LogP contribution in [0.1, 0.15) is 37.2 Å². The van der Waals surface area contributed by atoms with E-state index in [0.29, 0.717) is 0 Å². The summed E-state index contributed by atoms with van der Waals surface area (Å²) >= 11 is 4.77. The van der Waals surface area contributed by atoms with Crippen LogP contribution >= 0.6 is 12.2 Å². The van der Waals surface area contributed by atoms with Crippen LogP contribution in [0.2, 0.25) is 0 Å². The molecule has 4 N–H and O–H groups in total. The number of H-pyrrole nitrogens is 1. The van der Waals surface area contributed by atoms with E-state index in [0.717, 1.165) is 35.5 Å². The lowest BCUT2D eigenvalue weighted by Gasteiger charge is -2.29. The first kappa shape index (κ1) is 12.0. The zero-order valence-corrected chi connectivity index (χ0v) is 11.1. The third kappa shape index (κ3) is 2.46. The summed E-state index contributed by atoms with van der Waals surface area (Å²) in [4.78, 5) is 0. The van der Waals surface area contributed by atoms with Gasteiger partial charge in [-0.1, -0.05) is 13.8 Å². The van der Waals surface area contributed by atoms with E-state index in [4.69, 9.17) is 18.0 Å². The van der Waals surface area contributed by atoms with Gasteiger partial charge in [-0.15, -0.1) is 0 Å². The van der Waals surface area contributed by atoms with Gasteiger partial charge in [0.25, 0.3) is 0 Å². The molecule has 0 radical (unpaired) electrons. The highest BCUT2D eigenvalue weighted by molar-refractivity contribution is 7.80. The Morgan fingerprint density at radius 1 is 1.53 bits per heavy atom. The number of thiocarbonyl (C=S) groups is 1. The Kier molecular flexibility index (Phi) is 2.91. The van der Waals surface area contributed by atoms with Crippen LogP contribution in [0.25, 0.3) is 0 Å². The monoisotopic (exact) mass is 251 g/mol. The number of aromatic nitrogens is 2. The molecule has 0 amide bonds. The van der Waals surface area contributed by atoms with E-state index in [2.05, 4.69) is 34.6 Å². The number of hydrazone groups is 1. The molecule has 5 nitrogen and oxygen atoms in total. The molecule has 0 unspecified atom stereocenters. The fourth-order valence-corrected chi connectivity index (χ4v) is 2.31. The van der Waals surface area contributed by atoms with Gasteiger partial charge in [-0.3, -0.25) is 10.5 Å². The lowest BCUT2D eigenvalue weighted by atomic mass is 9.75. The number of fused-ring (bicyclic) bond motifs is 1. The van der Waals surface area contributed by atoms with E-state index in [1.54, 1.807) is 0 Å². The molecule has 0 bridgehead atoms. The van der Waals surface area contributed by atoms with Gasteiger partial charge in [-0.2, -0.15) is 10.2 Å². The topological polar surface area (TPSA) is 79.1 Å². The highest BCUT2D eigenvalue weighted by atomic mass is 32.1. The van der Waals surface area contributed by atoms with Crippen molar-refractivity contribution in [1.82, 2.24) is 15.6 Å². The summed E-state index contributed by atoms with van der Waals surface area (Å²) in [6, 6.07) is 0. The molecule has 1 heterocycles. The molecule has 1 aliphatic rings. The highest BCUT2D eigenvalue weighted by Crippen LogP contribution is 2.35. The fourth-order valence-electron chi connectivity index (χ4n) is 2.27. The molecule has 17 heavy (non-hydrogen) atoms. The third-order valence-corrected chi connectivity index (χ3v) is 3.00. The number of hydrogen-bond donors (Lipinski definition) is 3. The lowest BCUT2D eigenvalue weighted by Crippen LogP contribution is -2.31. The molecule has 0 fully saturated rings. The summed E-state index contributed by atoms with van der Waals surface area (Å²) in [6.07, 6.45) is 1.84. The van der Waals surface area contributed by atoms with Crippen molar-refractivity contribution in [1.29, 1.82) is 0 Å². The number of hydrogen-bond acceptors (Lipinski definition) is 3. The van der Waals surface area contributed by atoms with Crippen molar-refractivity contribution in [3.8, 4) is 0 Å². The second-order valence-corrected chi connectivity index (χ2v) is 5.66. The highest BCUT2D eigenvalue weighted by Gasteiger charge is 2.32. The number of aryl methyl sites for hydroxylation is 1. The summed E-state index contributed by atoms with van der Waals surface area (Å²) in [5, 5.41) is 11.8. The van der Waals surface area contributed by atoms with Gasteiger partial charge >= 0.3 is 0 Å². The molecule has 92 valence electrons. The largest absolute Gasteiger partial charge is 0.375 e. The van der Waals surface area contributed by atoms with Crippen LogP contribution < -0.4 is 11.2 Å². The van der Waals surface area contributed by atoms with Crippen molar-refractivity contribution in [2.45, 2.75) is 33.6 Å². The van der Waals surface area contributed by atoms with Crippen LogP contribution in [-0.4, -0.2) is 21.0 Å². The molecule has 0 saturated heterocycles. The Balaban J connectivity index is 2.41. The van der Waals surface area contributed by atoms with E-state index in [-0.39, 0.29) is 10.5 Å². The molecule has 1 aromatic rings. The molecular weight excluding hydrogens is 234 g/mol. The molecule has 2 rings (SSSR count). The smallest absolute Gasteiger partial charge is 0.184 e. The van der Waals surface area contributed by atoms with Gasteiger partial charge in [-0.05, 0) is 37.4 Å². The van der Waals surface area contributed by atoms with Crippen LogP contribution in [-0.2, 0) is 6.42 Å². The minimum atomic E-state index is 0.158. The van der Waals surface area contributed by atoms with Crippen LogP contribution in [0.15, 0.2) is 5.10 Å². The number of nitrogens with one attached hydrogen (secondary N) is 2. The lowest BCUT2D eigenvalue weighted by molar-refractivity contribution is 0.367. The molecule has 6 heteroatoms. The Labute approximate surface area is 106 Å². The van der Waals surface area contributed by atoms with E-state index in [1.165, 1.54) is 0 Å². The molecule has 0 spiro atoms. The van der Waals surface area contributed by atoms with Crippen molar-refractivity contribution in [2.24, 2.45) is 16.3 Å². The zero-order valence-electron chi connectivity index (χ0n) is 10.3. The summed E-state index contributed by atoms with van der Waals surface area (Å²) < 4.78 is 0. The maximum Gasteiger partial charge on any atom is 0.184 e. The normalized spacial score (nSPS) is 20.1. The SMILES string of the molecule is Cc1[nH]nc2c1/C(=N/NC(N)=S)CC(C)(C)C2. The first-order valence-electron chi connectivity index (χ1n) is 5.55. The quantitative estimate of drug-likeness (QED) is 0.518. The van der Waals surface area contributed by atoms with Crippen molar-refractivity contribution in [3.63, 3.8) is 0 Å². The van der Waals surface area contributed by atoms with Gasteiger partial charge in [0.15, 0.2) is 5.11 Å². The predicted molar refractivity (Wildman–Crippen MR) is 71.9 cm³/mol. The number of aromatic amines is 1. The fraction of sp³-hybridized carbons (Fsp3) is 0.545. The Morgan fingerprint density at radius 3 is 2.88 bits per heavy atom. The number of rotatable bonds is 1. The van der Waals surface area contributed by atoms with E-state index >= 15 is 0 Å². The molecule has 0 aromatic carbocycles. The summed E-state index contributed by atoms with van der Waals surface area (Å²) in [7, 11) is 0. The zero-order chi connectivity index (χ0) is 12.6. The summed E-state index contributed by atoms with van der Waals surface area (Å²) in [6.45, 7) is 6.41. The van der Waals surface area contributed by atoms with Gasteiger partial charge in [0, 0.05) is 11.3 Å². The van der Waals surface area contributed by atoms with Gasteiger partial charge < -0.3 is 5.73 Å². The Bertz CT molecular complexity index is 486. The van der Waals surface area contributed by atoms with E-state index in [1.807, 2.05) is 6.92 Å². The standard InChI is InChI=1S/C11H17N5S/c1-6-9-7(14-13-6)4-11(2,3)5-8(9)15-16-10(12)17/h4-5H2,1-3H3,(H,13,14)(H3,12,16,17)/b15-8+. The van der Waals surface area contributed by atoms with Crippen LogP contribution in [0.5, 0.6) is 0 Å². The van der Waals surface area contributed by atoms with E-state index in [9.17, 15) is 0 Å². The van der Waals surface area contributed by atoms with Gasteiger partial charge in [0.2, 0.25) is 0 Å². The predicted octanol–water partition coefficient (Wildman–Crippen LogP) is 1.23. The number of nitrogens with two attached hydrogens (primary N) is 1. The first-order chi connectivity index (χ1) is 7.89. The molecule has 0 saturated carbocycles. The van der Waals surface area contributed by atoms with Crippen LogP contribution in [0.4, 0.5) is 0 Å². The average Bonchev–Trinajstić information content (AvgIpc) is 2.54. The maximum absolute atomic E-state index is 5.40. The number of nitrogens with zero attached hydrogens (tertiary/aromatic N) is 2. The van der Waals surface area contributed by atoms with Crippen molar-refractivity contribution in [3.05, 3.63) is 17.0 Å². The molecule has 1 aromatic heterocycles. The minimum Gasteiger partial charge on any atom is -0.375 e. The van der Waals surface area contributed by atoms with Gasteiger partial charge in [0.1, 0.15) is 0 Å². The van der Waals surface area contributed by atoms with Crippen molar-refractivity contribution in [2.75, 3.05) is 0 Å². The third-order valence-electron chi connectivity index (χ3n) is 2.90. The Hall–Kier alpha value is -1.43. The summed E-state index contributed by atoms with van der Waals surface area (Å²) in [5.74, 6) is 0. The maximum atomic E-state index is 5.40. The second kappa shape index (κ2) is 4.10. The Morgan fingerprint density at radius 2 is 2.24 bits per heavy atom. The minimum absolute atomic E-state index is 0.158. The van der Waals surface area contributed by atoms with E-state index < -0.39 is 0 Å². The van der Waals surface area contributed by atoms with Crippen molar-refractivity contribution >= 4 is 23.0 Å². The molecular formula is C11H17N5S. The second-order valence-electron chi connectivity index (χ2n) is 5.22. The molecule has 0 atom stereocenters. The van der Waals surface area contributed by atoms with Crippen LogP contribution in [0.3, 0.4) is 0 Å². The van der Waals surface area contributed by atoms with Crippen molar-refractivity contribution < 1.29 is 0 Å². The molecule has 1 aliphatic carbocycles. The first-order valence-corrected chi connectivity index (χ1v) is 5.96. The average molecular weight is 251 g/mol. The molecule has 0 aliphatic heterocycles. The van der Waals surface area contributed by atoms with Gasteiger partial charge in [0.05, 0.1) is 11.4 Å². The van der Waals surface area contributed by atoms with Crippen LogP contribution in [0, 0.1) is 12.3 Å².